The maximum Gasteiger partial charge on any atom is 0.247 e. The summed E-state index contributed by atoms with van der Waals surface area (Å²) in [6.07, 6.45) is 6.77. The second kappa shape index (κ2) is 6.67. The smallest absolute Gasteiger partial charge is 0.247 e. The quantitative estimate of drug-likeness (QED) is 0.845. The van der Waals surface area contributed by atoms with Crippen molar-refractivity contribution in [1.29, 1.82) is 0 Å². The molecule has 0 N–H and O–H groups in total. The summed E-state index contributed by atoms with van der Waals surface area (Å²) in [6, 6.07) is 1.68. The van der Waals surface area contributed by atoms with Crippen LogP contribution in [0.3, 0.4) is 0 Å². The van der Waals surface area contributed by atoms with Crippen molar-refractivity contribution in [2.24, 2.45) is 0 Å². The van der Waals surface area contributed by atoms with E-state index < -0.39 is 0 Å². The van der Waals surface area contributed by atoms with E-state index in [0.29, 0.717) is 0 Å². The lowest BCUT2D eigenvalue weighted by Gasteiger charge is -2.36. The van der Waals surface area contributed by atoms with Gasteiger partial charge in [-0.25, -0.2) is 4.98 Å². The first kappa shape index (κ1) is 17.1. The predicted octanol–water partition coefficient (Wildman–Crippen LogP) is 3.95. The molecule has 2 atom stereocenters. The molecule has 1 amide bonds. The van der Waals surface area contributed by atoms with E-state index in [0.717, 1.165) is 36.5 Å². The van der Waals surface area contributed by atoms with Crippen molar-refractivity contribution < 1.29 is 4.79 Å². The first-order valence-corrected chi connectivity index (χ1v) is 9.51. The molecule has 3 rings (SSSR count). The van der Waals surface area contributed by atoms with Crippen LogP contribution >= 0.6 is 11.3 Å². The van der Waals surface area contributed by atoms with Gasteiger partial charge in [-0.15, -0.1) is 11.3 Å². The molecule has 1 saturated heterocycles. The van der Waals surface area contributed by atoms with Crippen molar-refractivity contribution >= 4 is 17.2 Å². The summed E-state index contributed by atoms with van der Waals surface area (Å²) in [7, 11) is 0. The Kier molecular flexibility index (Phi) is 4.76. The topological polar surface area (TPSA) is 51.0 Å². The summed E-state index contributed by atoms with van der Waals surface area (Å²) in [5.41, 5.74) is 1.15. The zero-order valence-electron chi connectivity index (χ0n) is 14.9. The Morgan fingerprint density at radius 3 is 2.79 bits per heavy atom. The van der Waals surface area contributed by atoms with Gasteiger partial charge in [-0.2, -0.15) is 5.10 Å². The number of amides is 1. The molecule has 0 aromatic carbocycles. The normalized spacial score (nSPS) is 20.2. The maximum absolute atomic E-state index is 13.0. The Morgan fingerprint density at radius 2 is 2.17 bits per heavy atom. The van der Waals surface area contributed by atoms with E-state index in [1.165, 1.54) is 0 Å². The van der Waals surface area contributed by atoms with E-state index in [1.807, 2.05) is 24.1 Å². The van der Waals surface area contributed by atoms with Crippen LogP contribution in [0.25, 0.3) is 0 Å². The maximum atomic E-state index is 13.0. The minimum absolute atomic E-state index is 0.0423. The highest BCUT2D eigenvalue weighted by Gasteiger charge is 2.33. The number of carbonyl (C=O) groups excluding carboxylic acids is 1. The molecule has 0 radical (unpaired) electrons. The number of likely N-dealkylation sites (tertiary alicyclic amines) is 1. The van der Waals surface area contributed by atoms with Crippen molar-refractivity contribution in [3.63, 3.8) is 0 Å². The second-order valence-electron chi connectivity index (χ2n) is 7.53. The van der Waals surface area contributed by atoms with Gasteiger partial charge < -0.3 is 4.90 Å². The Balaban J connectivity index is 1.83. The number of hydrogen-bond donors (Lipinski definition) is 0. The second-order valence-corrected chi connectivity index (χ2v) is 8.42. The van der Waals surface area contributed by atoms with Gasteiger partial charge in [0.25, 0.3) is 0 Å². The van der Waals surface area contributed by atoms with Crippen LogP contribution in [-0.4, -0.2) is 32.1 Å². The van der Waals surface area contributed by atoms with Crippen molar-refractivity contribution in [3.05, 3.63) is 34.5 Å². The molecule has 6 heteroatoms. The molecule has 1 aliphatic heterocycles. The van der Waals surface area contributed by atoms with Gasteiger partial charge in [-0.3, -0.25) is 9.48 Å². The Morgan fingerprint density at radius 1 is 1.38 bits per heavy atom. The number of rotatable bonds is 3. The number of hydrogen-bond acceptors (Lipinski definition) is 4. The van der Waals surface area contributed by atoms with Gasteiger partial charge in [0.15, 0.2) is 0 Å². The van der Waals surface area contributed by atoms with Gasteiger partial charge in [0, 0.05) is 29.7 Å². The van der Waals surface area contributed by atoms with Crippen LogP contribution in [-0.2, 0) is 10.2 Å². The number of nitrogens with zero attached hydrogens (tertiary/aromatic N) is 4. The summed E-state index contributed by atoms with van der Waals surface area (Å²) >= 11 is 1.69. The molecule has 2 aromatic rings. The molecule has 0 bridgehead atoms. The molecule has 0 saturated carbocycles. The molecule has 1 aliphatic rings. The molecule has 24 heavy (non-hydrogen) atoms. The molecule has 1 fully saturated rings. The molecular weight excluding hydrogens is 320 g/mol. The zero-order valence-corrected chi connectivity index (χ0v) is 15.7. The summed E-state index contributed by atoms with van der Waals surface area (Å²) < 4.78 is 1.73. The fraction of sp³-hybridized carbons (Fsp3) is 0.611. The summed E-state index contributed by atoms with van der Waals surface area (Å²) in [5, 5.41) is 7.43. The van der Waals surface area contributed by atoms with E-state index in [-0.39, 0.29) is 23.4 Å². The monoisotopic (exact) mass is 346 g/mol. The van der Waals surface area contributed by atoms with Crippen LogP contribution in [0, 0.1) is 0 Å². The van der Waals surface area contributed by atoms with Crippen LogP contribution in [0.5, 0.6) is 0 Å². The van der Waals surface area contributed by atoms with E-state index in [2.05, 4.69) is 31.2 Å². The number of aromatic nitrogens is 3. The third-order valence-electron chi connectivity index (χ3n) is 4.64. The number of thiazole rings is 1. The molecule has 130 valence electrons. The molecule has 0 aliphatic carbocycles. The van der Waals surface area contributed by atoms with Crippen LogP contribution in [0.2, 0.25) is 0 Å². The first-order valence-electron chi connectivity index (χ1n) is 8.63. The van der Waals surface area contributed by atoms with Crippen molar-refractivity contribution in [2.45, 2.75) is 64.5 Å². The lowest BCUT2D eigenvalue weighted by molar-refractivity contribution is -0.138. The SMILES string of the molecule is CC(C(=O)N1CCCCC1c1nc(C(C)(C)C)cs1)n1cccn1. The van der Waals surface area contributed by atoms with E-state index in [9.17, 15) is 4.79 Å². The zero-order chi connectivity index (χ0) is 17.3. The highest BCUT2D eigenvalue weighted by atomic mass is 32.1. The first-order chi connectivity index (χ1) is 11.4. The van der Waals surface area contributed by atoms with Crippen LogP contribution in [0.1, 0.15) is 69.7 Å². The van der Waals surface area contributed by atoms with Crippen molar-refractivity contribution in [3.8, 4) is 0 Å². The molecular formula is C18H26N4OS. The lowest BCUT2D eigenvalue weighted by atomic mass is 9.93. The summed E-state index contributed by atoms with van der Waals surface area (Å²) in [4.78, 5) is 19.9. The third kappa shape index (κ3) is 3.38. The summed E-state index contributed by atoms with van der Waals surface area (Å²) in [5.74, 6) is 0.135. The Hall–Kier alpha value is -1.69. The van der Waals surface area contributed by atoms with E-state index in [4.69, 9.17) is 4.98 Å². The highest BCUT2D eigenvalue weighted by Crippen LogP contribution is 2.36. The Bertz CT molecular complexity index is 686. The van der Waals surface area contributed by atoms with Gasteiger partial charge >= 0.3 is 0 Å². The molecule has 2 unspecified atom stereocenters. The van der Waals surface area contributed by atoms with Gasteiger partial charge in [-0.05, 0) is 32.3 Å². The van der Waals surface area contributed by atoms with Crippen molar-refractivity contribution in [2.75, 3.05) is 6.54 Å². The minimum Gasteiger partial charge on any atom is -0.331 e. The van der Waals surface area contributed by atoms with E-state index in [1.54, 1.807) is 22.2 Å². The van der Waals surface area contributed by atoms with Crippen LogP contribution < -0.4 is 0 Å². The predicted molar refractivity (Wildman–Crippen MR) is 96.1 cm³/mol. The summed E-state index contributed by atoms with van der Waals surface area (Å²) in [6.45, 7) is 9.25. The van der Waals surface area contributed by atoms with Gasteiger partial charge in [-0.1, -0.05) is 20.8 Å². The minimum atomic E-state index is -0.275. The third-order valence-corrected chi connectivity index (χ3v) is 5.59. The fourth-order valence-electron chi connectivity index (χ4n) is 3.10. The molecule has 5 nitrogen and oxygen atoms in total. The average Bonchev–Trinajstić information content (AvgIpc) is 3.24. The molecule has 0 spiro atoms. The lowest BCUT2D eigenvalue weighted by Crippen LogP contribution is -2.42. The largest absolute Gasteiger partial charge is 0.331 e. The van der Waals surface area contributed by atoms with Gasteiger partial charge in [0.1, 0.15) is 11.0 Å². The molecule has 2 aromatic heterocycles. The number of piperidine rings is 1. The van der Waals surface area contributed by atoms with Crippen molar-refractivity contribution in [1.82, 2.24) is 19.7 Å². The van der Waals surface area contributed by atoms with Gasteiger partial charge in [0.05, 0.1) is 11.7 Å². The standard InChI is InChI=1S/C18H26N4OS/c1-13(22-11-7-9-19-22)17(23)21-10-6-5-8-14(21)16-20-15(12-24-16)18(2,3)4/h7,9,11-14H,5-6,8,10H2,1-4H3. The highest BCUT2D eigenvalue weighted by molar-refractivity contribution is 7.09. The Labute approximate surface area is 147 Å². The average molecular weight is 346 g/mol. The number of carbonyl (C=O) groups is 1. The molecule has 3 heterocycles. The van der Waals surface area contributed by atoms with Gasteiger partial charge in [0.2, 0.25) is 5.91 Å². The van der Waals surface area contributed by atoms with Crippen LogP contribution in [0.4, 0.5) is 0 Å². The fourth-order valence-corrected chi connectivity index (χ4v) is 4.29. The van der Waals surface area contributed by atoms with E-state index >= 15 is 0 Å². The van der Waals surface area contributed by atoms with Crippen LogP contribution in [0.15, 0.2) is 23.8 Å².